The van der Waals surface area contributed by atoms with Crippen molar-refractivity contribution < 1.29 is 0 Å². The third-order valence-corrected chi connectivity index (χ3v) is 3.38. The fraction of sp³-hybridized carbons (Fsp3) is 0.429. The predicted octanol–water partition coefficient (Wildman–Crippen LogP) is 2.80. The zero-order chi connectivity index (χ0) is 11.7. The van der Waals surface area contributed by atoms with Gasteiger partial charge in [-0.15, -0.1) is 0 Å². The Balaban J connectivity index is 2.65. The van der Waals surface area contributed by atoms with Crippen molar-refractivity contribution >= 4 is 10.9 Å². The molecule has 2 aromatic rings. The third-order valence-electron chi connectivity index (χ3n) is 3.38. The smallest absolute Gasteiger partial charge is 0.0480 e. The lowest BCUT2D eigenvalue weighted by molar-refractivity contribution is 0.774. The topological polar surface area (TPSA) is 30.9 Å². The van der Waals surface area contributed by atoms with Crippen molar-refractivity contribution in [1.82, 2.24) is 4.57 Å². The standard InChI is InChI=1S/C14H20N2/c1-4-11-5-6-14-12(7-11)13(9-16(14)3)10(2)8-15/h5-7,9-10H,4,8,15H2,1-3H3. The monoisotopic (exact) mass is 216 g/mol. The van der Waals surface area contributed by atoms with Crippen molar-refractivity contribution in [2.45, 2.75) is 26.2 Å². The molecule has 0 aliphatic rings. The Bertz CT molecular complexity index is 497. The van der Waals surface area contributed by atoms with Crippen LogP contribution in [-0.4, -0.2) is 11.1 Å². The van der Waals surface area contributed by atoms with Crippen LogP contribution in [0.2, 0.25) is 0 Å². The SMILES string of the molecule is CCc1ccc2c(c1)c(C(C)CN)cn2C. The highest BCUT2D eigenvalue weighted by molar-refractivity contribution is 5.85. The maximum atomic E-state index is 5.77. The summed E-state index contributed by atoms with van der Waals surface area (Å²) in [6, 6.07) is 6.72. The van der Waals surface area contributed by atoms with E-state index in [1.54, 1.807) is 0 Å². The van der Waals surface area contributed by atoms with Crippen LogP contribution in [0.25, 0.3) is 10.9 Å². The molecule has 1 aromatic heterocycles. The Kier molecular flexibility index (Phi) is 3.01. The van der Waals surface area contributed by atoms with Gasteiger partial charge < -0.3 is 10.3 Å². The van der Waals surface area contributed by atoms with Crippen molar-refractivity contribution in [2.75, 3.05) is 6.54 Å². The minimum absolute atomic E-state index is 0.427. The van der Waals surface area contributed by atoms with Crippen molar-refractivity contribution in [3.63, 3.8) is 0 Å². The van der Waals surface area contributed by atoms with E-state index in [1.807, 2.05) is 0 Å². The summed E-state index contributed by atoms with van der Waals surface area (Å²) in [6.45, 7) is 5.08. The fourth-order valence-electron chi connectivity index (χ4n) is 2.21. The second-order valence-corrected chi connectivity index (χ2v) is 4.54. The molecule has 1 unspecified atom stereocenters. The van der Waals surface area contributed by atoms with E-state index in [9.17, 15) is 0 Å². The van der Waals surface area contributed by atoms with Crippen LogP contribution in [0.3, 0.4) is 0 Å². The Morgan fingerprint density at radius 2 is 2.12 bits per heavy atom. The second kappa shape index (κ2) is 4.30. The van der Waals surface area contributed by atoms with Gasteiger partial charge >= 0.3 is 0 Å². The number of hydrogen-bond acceptors (Lipinski definition) is 1. The van der Waals surface area contributed by atoms with Gasteiger partial charge in [0.15, 0.2) is 0 Å². The van der Waals surface area contributed by atoms with E-state index < -0.39 is 0 Å². The van der Waals surface area contributed by atoms with Gasteiger partial charge in [-0.25, -0.2) is 0 Å². The molecule has 0 bridgehead atoms. The highest BCUT2D eigenvalue weighted by atomic mass is 14.9. The summed E-state index contributed by atoms with van der Waals surface area (Å²) in [5, 5.41) is 1.36. The first-order chi connectivity index (χ1) is 7.67. The summed E-state index contributed by atoms with van der Waals surface area (Å²) in [6.07, 6.45) is 3.29. The lowest BCUT2D eigenvalue weighted by Gasteiger charge is -2.07. The summed E-state index contributed by atoms with van der Waals surface area (Å²) in [5.41, 5.74) is 9.83. The Labute approximate surface area is 97.1 Å². The molecule has 0 fully saturated rings. The number of nitrogens with two attached hydrogens (primary N) is 1. The first kappa shape index (κ1) is 11.2. The molecule has 16 heavy (non-hydrogen) atoms. The Hall–Kier alpha value is -1.28. The van der Waals surface area contributed by atoms with E-state index in [0.717, 1.165) is 6.42 Å². The predicted molar refractivity (Wildman–Crippen MR) is 69.8 cm³/mol. The van der Waals surface area contributed by atoms with Gasteiger partial charge in [0.05, 0.1) is 0 Å². The van der Waals surface area contributed by atoms with Gasteiger partial charge in [-0.1, -0.05) is 19.9 Å². The van der Waals surface area contributed by atoms with Crippen molar-refractivity contribution in [3.8, 4) is 0 Å². The number of nitrogens with zero attached hydrogens (tertiary/aromatic N) is 1. The van der Waals surface area contributed by atoms with Crippen LogP contribution in [-0.2, 0) is 13.5 Å². The number of aryl methyl sites for hydroxylation is 2. The maximum Gasteiger partial charge on any atom is 0.0480 e. The quantitative estimate of drug-likeness (QED) is 0.840. The summed E-state index contributed by atoms with van der Waals surface area (Å²) in [7, 11) is 2.10. The third kappa shape index (κ3) is 1.74. The molecular weight excluding hydrogens is 196 g/mol. The molecule has 2 N–H and O–H groups in total. The molecule has 0 saturated heterocycles. The van der Waals surface area contributed by atoms with E-state index in [1.165, 1.54) is 22.0 Å². The van der Waals surface area contributed by atoms with Gasteiger partial charge in [0, 0.05) is 24.1 Å². The molecule has 0 aliphatic heterocycles. The average Bonchev–Trinajstić information content (AvgIpc) is 2.65. The summed E-state index contributed by atoms with van der Waals surface area (Å²) < 4.78 is 2.19. The zero-order valence-corrected chi connectivity index (χ0v) is 10.3. The van der Waals surface area contributed by atoms with Gasteiger partial charge in [0.2, 0.25) is 0 Å². The molecule has 0 spiro atoms. The minimum atomic E-state index is 0.427. The Morgan fingerprint density at radius 1 is 1.38 bits per heavy atom. The van der Waals surface area contributed by atoms with E-state index in [0.29, 0.717) is 12.5 Å². The van der Waals surface area contributed by atoms with Gasteiger partial charge in [0.25, 0.3) is 0 Å². The fourth-order valence-corrected chi connectivity index (χ4v) is 2.21. The lowest BCUT2D eigenvalue weighted by Crippen LogP contribution is -2.08. The molecule has 0 saturated carbocycles. The van der Waals surface area contributed by atoms with E-state index >= 15 is 0 Å². The number of aromatic nitrogens is 1. The molecule has 0 aliphatic carbocycles. The number of hydrogen-bond donors (Lipinski definition) is 1. The summed E-state index contributed by atoms with van der Waals surface area (Å²) >= 11 is 0. The molecule has 0 amide bonds. The average molecular weight is 216 g/mol. The molecule has 86 valence electrons. The summed E-state index contributed by atoms with van der Waals surface area (Å²) in [5.74, 6) is 0.427. The highest BCUT2D eigenvalue weighted by Crippen LogP contribution is 2.27. The largest absolute Gasteiger partial charge is 0.350 e. The van der Waals surface area contributed by atoms with Gasteiger partial charge in [-0.2, -0.15) is 0 Å². The van der Waals surface area contributed by atoms with Crippen LogP contribution in [0.15, 0.2) is 24.4 Å². The first-order valence-electron chi connectivity index (χ1n) is 5.95. The van der Waals surface area contributed by atoms with Crippen LogP contribution in [0.5, 0.6) is 0 Å². The Morgan fingerprint density at radius 3 is 2.75 bits per heavy atom. The van der Waals surface area contributed by atoms with Crippen molar-refractivity contribution in [3.05, 3.63) is 35.5 Å². The van der Waals surface area contributed by atoms with E-state index in [-0.39, 0.29) is 0 Å². The van der Waals surface area contributed by atoms with Crippen LogP contribution in [0, 0.1) is 0 Å². The summed E-state index contributed by atoms with van der Waals surface area (Å²) in [4.78, 5) is 0. The van der Waals surface area contributed by atoms with Crippen LogP contribution >= 0.6 is 0 Å². The maximum absolute atomic E-state index is 5.77. The van der Waals surface area contributed by atoms with Crippen LogP contribution in [0.1, 0.15) is 30.9 Å². The van der Waals surface area contributed by atoms with Crippen molar-refractivity contribution in [1.29, 1.82) is 0 Å². The van der Waals surface area contributed by atoms with E-state index in [2.05, 4.69) is 49.9 Å². The number of rotatable bonds is 3. The van der Waals surface area contributed by atoms with Gasteiger partial charge in [-0.05, 0) is 42.1 Å². The molecule has 2 heteroatoms. The molecule has 1 aromatic carbocycles. The normalized spacial score (nSPS) is 13.2. The first-order valence-corrected chi connectivity index (χ1v) is 5.95. The molecule has 0 radical (unpaired) electrons. The van der Waals surface area contributed by atoms with Crippen LogP contribution in [0.4, 0.5) is 0 Å². The van der Waals surface area contributed by atoms with Crippen molar-refractivity contribution in [2.24, 2.45) is 12.8 Å². The molecule has 1 heterocycles. The van der Waals surface area contributed by atoms with Gasteiger partial charge in [0.1, 0.15) is 0 Å². The lowest BCUT2D eigenvalue weighted by atomic mass is 9.99. The number of benzene rings is 1. The number of fused-ring (bicyclic) bond motifs is 1. The molecule has 2 rings (SSSR count). The van der Waals surface area contributed by atoms with Crippen LogP contribution < -0.4 is 5.73 Å². The highest BCUT2D eigenvalue weighted by Gasteiger charge is 2.11. The van der Waals surface area contributed by atoms with Gasteiger partial charge in [-0.3, -0.25) is 0 Å². The van der Waals surface area contributed by atoms with E-state index in [4.69, 9.17) is 5.73 Å². The second-order valence-electron chi connectivity index (χ2n) is 4.54. The molecular formula is C14H20N2. The molecule has 1 atom stereocenters. The minimum Gasteiger partial charge on any atom is -0.350 e. The zero-order valence-electron chi connectivity index (χ0n) is 10.3. The molecule has 2 nitrogen and oxygen atoms in total.